The monoisotopic (exact) mass is 604 g/mol. The number of hydrogen-bond acceptors (Lipinski definition) is 8. The molecule has 228 valence electrons. The van der Waals surface area contributed by atoms with Crippen LogP contribution in [0.4, 0.5) is 21.8 Å². The summed E-state index contributed by atoms with van der Waals surface area (Å²) in [6.07, 6.45) is 0. The summed E-state index contributed by atoms with van der Waals surface area (Å²) >= 11 is 0. The van der Waals surface area contributed by atoms with Gasteiger partial charge in [-0.2, -0.15) is 4.98 Å². The maximum Gasteiger partial charge on any atom is 0.255 e. The summed E-state index contributed by atoms with van der Waals surface area (Å²) in [7, 11) is 0. The van der Waals surface area contributed by atoms with Crippen LogP contribution < -0.4 is 25.0 Å². The Labute approximate surface area is 260 Å². The average Bonchev–Trinajstić information content (AvgIpc) is 3.53. The molecule has 2 aliphatic heterocycles. The molecule has 2 N–H and O–H groups in total. The second-order valence-corrected chi connectivity index (χ2v) is 11.4. The van der Waals surface area contributed by atoms with Crippen molar-refractivity contribution in [2.45, 2.75) is 20.0 Å². The quantitative estimate of drug-likeness (QED) is 0.223. The van der Waals surface area contributed by atoms with Gasteiger partial charge in [-0.15, -0.1) is 0 Å². The van der Waals surface area contributed by atoms with Crippen molar-refractivity contribution in [3.8, 4) is 11.5 Å². The molecule has 45 heavy (non-hydrogen) atoms. The largest absolute Gasteiger partial charge is 0.454 e. The van der Waals surface area contributed by atoms with Gasteiger partial charge in [0.2, 0.25) is 12.7 Å². The van der Waals surface area contributed by atoms with E-state index in [0.29, 0.717) is 17.8 Å². The van der Waals surface area contributed by atoms with Gasteiger partial charge in [0.1, 0.15) is 11.6 Å². The first kappa shape index (κ1) is 28.5. The SMILES string of the molecule is Cc1ccc2c(NCc3ccc(NC(=O)c4ccc(F)cc4)cc3)nc(N3CCN(Cc4ccc5c(c4)OCO5)CC3)nc2c1. The highest BCUT2D eigenvalue weighted by atomic mass is 19.1. The van der Waals surface area contributed by atoms with E-state index in [1.54, 1.807) is 0 Å². The first-order valence-electron chi connectivity index (χ1n) is 15.0. The Morgan fingerprint density at radius 2 is 1.60 bits per heavy atom. The third kappa shape index (κ3) is 6.51. The first-order valence-corrected chi connectivity index (χ1v) is 15.0. The fraction of sp³-hybridized carbons (Fsp3) is 0.229. The van der Waals surface area contributed by atoms with Gasteiger partial charge in [-0.25, -0.2) is 9.37 Å². The highest BCUT2D eigenvalue weighted by Crippen LogP contribution is 2.33. The van der Waals surface area contributed by atoms with Crippen LogP contribution in [0, 0.1) is 12.7 Å². The van der Waals surface area contributed by atoms with E-state index in [4.69, 9.17) is 19.4 Å². The second-order valence-electron chi connectivity index (χ2n) is 11.4. The van der Waals surface area contributed by atoms with Crippen LogP contribution in [0.3, 0.4) is 0 Å². The third-order valence-electron chi connectivity index (χ3n) is 8.12. The van der Waals surface area contributed by atoms with Gasteiger partial charge in [0.15, 0.2) is 11.5 Å². The van der Waals surface area contributed by atoms with E-state index in [-0.39, 0.29) is 18.5 Å². The van der Waals surface area contributed by atoms with E-state index in [1.807, 2.05) is 30.3 Å². The number of anilines is 3. The van der Waals surface area contributed by atoms with Crippen LogP contribution in [0.2, 0.25) is 0 Å². The summed E-state index contributed by atoms with van der Waals surface area (Å²) in [5.74, 6) is 2.46. The van der Waals surface area contributed by atoms with Crippen molar-refractivity contribution in [3.63, 3.8) is 0 Å². The number of ether oxygens (including phenoxy) is 2. The molecule has 1 aromatic heterocycles. The molecule has 1 saturated heterocycles. The molecule has 9 nitrogen and oxygen atoms in total. The molecule has 0 aliphatic carbocycles. The molecule has 2 aliphatic rings. The molecule has 3 heterocycles. The topological polar surface area (TPSA) is 91.9 Å². The molecule has 0 spiro atoms. The molecular formula is C35H33FN6O3. The van der Waals surface area contributed by atoms with E-state index < -0.39 is 0 Å². The van der Waals surface area contributed by atoms with E-state index in [1.165, 1.54) is 29.8 Å². The minimum atomic E-state index is -0.376. The molecule has 0 unspecified atom stereocenters. The van der Waals surface area contributed by atoms with Gasteiger partial charge in [0.05, 0.1) is 5.52 Å². The highest BCUT2D eigenvalue weighted by molar-refractivity contribution is 6.04. The van der Waals surface area contributed by atoms with Crippen molar-refractivity contribution in [1.82, 2.24) is 14.9 Å². The lowest BCUT2D eigenvalue weighted by molar-refractivity contribution is 0.102. The molecule has 0 bridgehead atoms. The molecule has 0 atom stereocenters. The van der Waals surface area contributed by atoms with E-state index in [0.717, 1.165) is 78.0 Å². The number of hydrogen-bond donors (Lipinski definition) is 2. The van der Waals surface area contributed by atoms with Crippen LogP contribution >= 0.6 is 0 Å². The van der Waals surface area contributed by atoms with Gasteiger partial charge in [-0.05, 0) is 84.3 Å². The van der Waals surface area contributed by atoms with Crippen molar-refractivity contribution < 1.29 is 18.7 Å². The Balaban J connectivity index is 1.01. The van der Waals surface area contributed by atoms with Crippen LogP contribution in [-0.4, -0.2) is 53.7 Å². The van der Waals surface area contributed by atoms with Crippen LogP contribution in [-0.2, 0) is 13.1 Å². The van der Waals surface area contributed by atoms with Crippen molar-refractivity contribution in [1.29, 1.82) is 0 Å². The highest BCUT2D eigenvalue weighted by Gasteiger charge is 2.22. The summed E-state index contributed by atoms with van der Waals surface area (Å²) in [4.78, 5) is 27.1. The maximum atomic E-state index is 13.2. The molecule has 0 saturated carbocycles. The Morgan fingerprint density at radius 3 is 2.40 bits per heavy atom. The molecule has 7 rings (SSSR count). The fourth-order valence-electron chi connectivity index (χ4n) is 5.60. The summed E-state index contributed by atoms with van der Waals surface area (Å²) in [5.41, 5.74) is 5.35. The summed E-state index contributed by atoms with van der Waals surface area (Å²) in [6, 6.07) is 25.5. The Morgan fingerprint density at radius 1 is 0.844 bits per heavy atom. The Bertz CT molecular complexity index is 1840. The normalized spacial score (nSPS) is 14.5. The minimum absolute atomic E-state index is 0.283. The second kappa shape index (κ2) is 12.4. The van der Waals surface area contributed by atoms with E-state index in [9.17, 15) is 9.18 Å². The number of aromatic nitrogens is 2. The number of nitrogens with zero attached hydrogens (tertiary/aromatic N) is 4. The first-order chi connectivity index (χ1) is 22.0. The third-order valence-corrected chi connectivity index (χ3v) is 8.12. The summed E-state index contributed by atoms with van der Waals surface area (Å²) in [5, 5.41) is 7.35. The van der Waals surface area contributed by atoms with Crippen molar-refractivity contribution >= 4 is 34.3 Å². The van der Waals surface area contributed by atoms with Crippen molar-refractivity contribution in [2.24, 2.45) is 0 Å². The number of piperazine rings is 1. The zero-order valence-electron chi connectivity index (χ0n) is 24.9. The van der Waals surface area contributed by atoms with Crippen molar-refractivity contribution in [2.75, 3.05) is 48.5 Å². The standard InChI is InChI=1S/C35H33FN6O3/c1-23-2-12-29-30(18-23)39-35(42-16-14-41(15-17-42)21-25-5-13-31-32(19-25)45-22-44-31)40-33(29)37-20-24-3-10-28(11-4-24)38-34(43)26-6-8-27(36)9-7-26/h2-13,18-19H,14-17,20-22H2,1H3,(H,38,43)(H,37,39,40). The van der Waals surface area contributed by atoms with Crippen molar-refractivity contribution in [3.05, 3.63) is 113 Å². The van der Waals surface area contributed by atoms with E-state index >= 15 is 0 Å². The number of amides is 1. The lowest BCUT2D eigenvalue weighted by atomic mass is 10.1. The number of fused-ring (bicyclic) bond motifs is 2. The lowest BCUT2D eigenvalue weighted by Gasteiger charge is -2.35. The van der Waals surface area contributed by atoms with Crippen LogP contribution in [0.5, 0.6) is 11.5 Å². The molecule has 0 radical (unpaired) electrons. The molecule has 10 heteroatoms. The summed E-state index contributed by atoms with van der Waals surface area (Å²) < 4.78 is 24.2. The van der Waals surface area contributed by atoms with Gasteiger partial charge in [-0.3, -0.25) is 9.69 Å². The van der Waals surface area contributed by atoms with Gasteiger partial charge >= 0.3 is 0 Å². The van der Waals surface area contributed by atoms with Crippen LogP contribution in [0.15, 0.2) is 84.9 Å². The molecule has 5 aromatic rings. The molecule has 1 fully saturated rings. The number of aryl methyl sites for hydroxylation is 1. The maximum absolute atomic E-state index is 13.2. The fourth-order valence-corrected chi connectivity index (χ4v) is 5.60. The van der Waals surface area contributed by atoms with Gasteiger partial charge < -0.3 is 25.0 Å². The number of halogens is 1. The molecular weight excluding hydrogens is 571 g/mol. The van der Waals surface area contributed by atoms with Gasteiger partial charge in [0.25, 0.3) is 5.91 Å². The Hall–Kier alpha value is -5.22. The molecule has 4 aromatic carbocycles. The van der Waals surface area contributed by atoms with Gasteiger partial charge in [0, 0.05) is 55.9 Å². The number of nitrogens with one attached hydrogen (secondary N) is 2. The lowest BCUT2D eigenvalue weighted by Crippen LogP contribution is -2.46. The van der Waals surface area contributed by atoms with Gasteiger partial charge in [-0.1, -0.05) is 24.3 Å². The molecule has 1 amide bonds. The number of rotatable bonds is 8. The minimum Gasteiger partial charge on any atom is -0.454 e. The number of benzene rings is 4. The summed E-state index contributed by atoms with van der Waals surface area (Å²) in [6.45, 7) is 7.20. The van der Waals surface area contributed by atoms with E-state index in [2.05, 4.69) is 57.7 Å². The zero-order valence-corrected chi connectivity index (χ0v) is 24.9. The smallest absolute Gasteiger partial charge is 0.255 e. The Kier molecular flexibility index (Phi) is 7.87. The predicted molar refractivity (Wildman–Crippen MR) is 172 cm³/mol. The van der Waals surface area contributed by atoms with Crippen LogP contribution in [0.25, 0.3) is 10.9 Å². The van der Waals surface area contributed by atoms with Crippen LogP contribution in [0.1, 0.15) is 27.0 Å². The zero-order chi connectivity index (χ0) is 30.8. The average molecular weight is 605 g/mol. The predicted octanol–water partition coefficient (Wildman–Crippen LogP) is 5.99. The number of carbonyl (C=O) groups excluding carboxylic acids is 1. The number of carbonyl (C=O) groups is 1.